The van der Waals surface area contributed by atoms with E-state index in [4.69, 9.17) is 0 Å². The highest BCUT2D eigenvalue weighted by Crippen LogP contribution is 2.39. The Labute approximate surface area is 239 Å². The van der Waals surface area contributed by atoms with E-state index in [0.717, 1.165) is 5.70 Å². The molecule has 194 valence electrons. The smallest absolute Gasteiger partial charge is 0.0541 e. The fourth-order valence-corrected chi connectivity index (χ4v) is 6.43. The first kappa shape index (κ1) is 23.5. The lowest BCUT2D eigenvalue weighted by atomic mass is 9.99. The van der Waals surface area contributed by atoms with Gasteiger partial charge in [0, 0.05) is 32.9 Å². The summed E-state index contributed by atoms with van der Waals surface area (Å²) in [6.07, 6.45) is 0. The summed E-state index contributed by atoms with van der Waals surface area (Å²) in [6, 6.07) is 50.4. The Morgan fingerprint density at radius 1 is 0.439 bits per heavy atom. The van der Waals surface area contributed by atoms with Gasteiger partial charge in [-0.1, -0.05) is 91.5 Å². The number of para-hydroxylation sites is 2. The third kappa shape index (κ3) is 3.65. The number of aromatic nitrogens is 2. The maximum absolute atomic E-state index is 4.31. The average molecular weight is 525 g/mol. The van der Waals surface area contributed by atoms with Crippen LogP contribution in [0, 0.1) is 0 Å². The summed E-state index contributed by atoms with van der Waals surface area (Å²) >= 11 is 0. The van der Waals surface area contributed by atoms with Crippen LogP contribution in [0.2, 0.25) is 0 Å². The minimum absolute atomic E-state index is 1.01. The molecule has 8 aromatic rings. The van der Waals surface area contributed by atoms with Crippen molar-refractivity contribution in [2.45, 2.75) is 6.92 Å². The van der Waals surface area contributed by atoms with Crippen LogP contribution in [0.4, 0.5) is 0 Å². The van der Waals surface area contributed by atoms with Gasteiger partial charge in [0.1, 0.15) is 0 Å². The Balaban J connectivity index is 1.35. The van der Waals surface area contributed by atoms with Gasteiger partial charge in [0.2, 0.25) is 0 Å². The molecule has 0 atom stereocenters. The first-order valence-corrected chi connectivity index (χ1v) is 14.1. The van der Waals surface area contributed by atoms with Crippen molar-refractivity contribution in [3.05, 3.63) is 146 Å². The summed E-state index contributed by atoms with van der Waals surface area (Å²) in [7, 11) is 0. The van der Waals surface area contributed by atoms with E-state index in [-0.39, 0.29) is 0 Å². The predicted octanol–water partition coefficient (Wildman–Crippen LogP) is 10.7. The van der Waals surface area contributed by atoms with Crippen molar-refractivity contribution in [1.29, 1.82) is 0 Å². The summed E-state index contributed by atoms with van der Waals surface area (Å²) in [5.74, 6) is 0. The minimum Gasteiger partial charge on any atom is -0.314 e. The molecule has 0 unspecified atom stereocenters. The molecule has 0 saturated heterocycles. The first-order chi connectivity index (χ1) is 20.2. The van der Waals surface area contributed by atoms with Crippen LogP contribution in [0.15, 0.2) is 146 Å². The second kappa shape index (κ2) is 9.11. The third-order valence-corrected chi connectivity index (χ3v) is 8.27. The molecule has 0 spiro atoms. The quantitative estimate of drug-likeness (QED) is 0.217. The fourth-order valence-electron chi connectivity index (χ4n) is 6.43. The van der Waals surface area contributed by atoms with Crippen LogP contribution >= 0.6 is 0 Å². The van der Waals surface area contributed by atoms with Crippen molar-refractivity contribution in [2.75, 3.05) is 0 Å². The largest absolute Gasteiger partial charge is 0.314 e. The van der Waals surface area contributed by atoms with Gasteiger partial charge in [0.25, 0.3) is 0 Å². The Morgan fingerprint density at radius 3 is 1.51 bits per heavy atom. The zero-order valence-electron chi connectivity index (χ0n) is 22.9. The number of benzene rings is 6. The van der Waals surface area contributed by atoms with Crippen molar-refractivity contribution in [2.24, 2.45) is 0 Å². The van der Waals surface area contributed by atoms with E-state index < -0.39 is 0 Å². The molecular weight excluding hydrogens is 496 g/mol. The number of rotatable bonds is 4. The third-order valence-electron chi connectivity index (χ3n) is 8.27. The number of fused-ring (bicyclic) bond motifs is 6. The SMILES string of the molecule is C=C(C)n1c2ccc(-c3ccccc3)cc2c2cc(-c3ccc4c(c3)c3ccccc3n4-c3ccccc3)ccc21. The standard InChI is InChI=1S/C39H28N2/c1-26(2)40-37-20-17-28(27-11-5-3-6-12-27)23-34(37)35-25-30(18-21-38(35)40)29-19-22-39-33(24-29)32-15-9-10-16-36(32)41(39)31-13-7-4-8-14-31/h3-25H,1H2,2H3. The van der Waals surface area contributed by atoms with Gasteiger partial charge in [0.15, 0.2) is 0 Å². The Kier molecular flexibility index (Phi) is 5.23. The van der Waals surface area contributed by atoms with Crippen molar-refractivity contribution in [3.8, 4) is 27.9 Å². The van der Waals surface area contributed by atoms with Crippen molar-refractivity contribution in [3.63, 3.8) is 0 Å². The van der Waals surface area contributed by atoms with Crippen LogP contribution in [0.25, 0.3) is 77.2 Å². The van der Waals surface area contributed by atoms with Gasteiger partial charge in [-0.15, -0.1) is 0 Å². The maximum Gasteiger partial charge on any atom is 0.0541 e. The van der Waals surface area contributed by atoms with Gasteiger partial charge < -0.3 is 9.13 Å². The molecule has 0 aliphatic carbocycles. The van der Waals surface area contributed by atoms with Crippen LogP contribution in [0.3, 0.4) is 0 Å². The average Bonchev–Trinajstić information content (AvgIpc) is 3.54. The highest BCUT2D eigenvalue weighted by atomic mass is 15.0. The lowest BCUT2D eigenvalue weighted by Gasteiger charge is -2.09. The van der Waals surface area contributed by atoms with E-state index in [2.05, 4.69) is 162 Å². The maximum atomic E-state index is 4.31. The van der Waals surface area contributed by atoms with E-state index in [1.165, 1.54) is 71.6 Å². The summed E-state index contributed by atoms with van der Waals surface area (Å²) < 4.78 is 4.64. The van der Waals surface area contributed by atoms with Gasteiger partial charge in [-0.3, -0.25) is 0 Å². The number of allylic oxidation sites excluding steroid dienone is 1. The summed E-state index contributed by atoms with van der Waals surface area (Å²) in [5.41, 5.74) is 11.9. The molecule has 2 nitrogen and oxygen atoms in total. The zero-order valence-corrected chi connectivity index (χ0v) is 22.9. The van der Waals surface area contributed by atoms with E-state index in [9.17, 15) is 0 Å². The Morgan fingerprint density at radius 2 is 0.902 bits per heavy atom. The molecule has 0 aliphatic rings. The minimum atomic E-state index is 1.01. The molecule has 0 amide bonds. The molecular formula is C39H28N2. The molecule has 0 fully saturated rings. The molecule has 8 rings (SSSR count). The highest BCUT2D eigenvalue weighted by Gasteiger charge is 2.16. The zero-order chi connectivity index (χ0) is 27.5. The first-order valence-electron chi connectivity index (χ1n) is 14.1. The molecule has 0 saturated carbocycles. The van der Waals surface area contributed by atoms with Gasteiger partial charge in [0.05, 0.1) is 22.1 Å². The normalized spacial score (nSPS) is 11.6. The molecule has 6 aromatic carbocycles. The van der Waals surface area contributed by atoms with Gasteiger partial charge in [-0.25, -0.2) is 0 Å². The van der Waals surface area contributed by atoms with Crippen LogP contribution in [0.5, 0.6) is 0 Å². The molecule has 2 aromatic heterocycles. The van der Waals surface area contributed by atoms with Crippen molar-refractivity contribution in [1.82, 2.24) is 9.13 Å². The summed E-state index contributed by atoms with van der Waals surface area (Å²) in [6.45, 7) is 6.39. The molecule has 0 aliphatic heterocycles. The summed E-state index contributed by atoms with van der Waals surface area (Å²) in [4.78, 5) is 0. The second-order valence-corrected chi connectivity index (χ2v) is 10.8. The Hall–Kier alpha value is -5.34. The monoisotopic (exact) mass is 524 g/mol. The van der Waals surface area contributed by atoms with Crippen LogP contribution in [-0.2, 0) is 0 Å². The van der Waals surface area contributed by atoms with E-state index in [1.807, 2.05) is 0 Å². The number of nitrogens with zero attached hydrogens (tertiary/aromatic N) is 2. The van der Waals surface area contributed by atoms with Crippen LogP contribution in [-0.4, -0.2) is 9.13 Å². The van der Waals surface area contributed by atoms with Crippen LogP contribution in [0.1, 0.15) is 6.92 Å². The highest BCUT2D eigenvalue weighted by molar-refractivity contribution is 6.13. The lowest BCUT2D eigenvalue weighted by molar-refractivity contribution is 1.18. The van der Waals surface area contributed by atoms with Gasteiger partial charge in [-0.2, -0.15) is 0 Å². The van der Waals surface area contributed by atoms with E-state index in [1.54, 1.807) is 0 Å². The van der Waals surface area contributed by atoms with E-state index in [0.29, 0.717) is 0 Å². The van der Waals surface area contributed by atoms with Crippen LogP contribution < -0.4 is 0 Å². The number of hydrogen-bond acceptors (Lipinski definition) is 0. The Bertz CT molecular complexity index is 2260. The molecule has 2 heteroatoms. The van der Waals surface area contributed by atoms with Crippen molar-refractivity contribution >= 4 is 49.3 Å². The molecule has 2 heterocycles. The van der Waals surface area contributed by atoms with Crippen molar-refractivity contribution < 1.29 is 0 Å². The molecule has 41 heavy (non-hydrogen) atoms. The van der Waals surface area contributed by atoms with E-state index >= 15 is 0 Å². The lowest BCUT2D eigenvalue weighted by Crippen LogP contribution is -1.92. The second-order valence-electron chi connectivity index (χ2n) is 10.8. The molecule has 0 bridgehead atoms. The number of hydrogen-bond donors (Lipinski definition) is 0. The predicted molar refractivity (Wildman–Crippen MR) is 176 cm³/mol. The molecule has 0 N–H and O–H groups in total. The fraction of sp³-hybridized carbons (Fsp3) is 0.0256. The van der Waals surface area contributed by atoms with Gasteiger partial charge >= 0.3 is 0 Å². The summed E-state index contributed by atoms with van der Waals surface area (Å²) in [5, 5.41) is 5.01. The van der Waals surface area contributed by atoms with Gasteiger partial charge in [-0.05, 0) is 83.8 Å². The topological polar surface area (TPSA) is 9.86 Å². The molecule has 0 radical (unpaired) electrons.